The van der Waals surface area contributed by atoms with E-state index in [1.54, 1.807) is 11.8 Å². The summed E-state index contributed by atoms with van der Waals surface area (Å²) in [5, 5.41) is 3.84. The fourth-order valence-electron chi connectivity index (χ4n) is 3.47. The minimum atomic E-state index is -0.0679. The maximum absolute atomic E-state index is 12.6. The van der Waals surface area contributed by atoms with Crippen molar-refractivity contribution in [3.05, 3.63) is 82.5 Å². The molecule has 1 amide bonds. The Morgan fingerprint density at radius 2 is 1.75 bits per heavy atom. The monoisotopic (exact) mass is 448 g/mol. The van der Waals surface area contributed by atoms with E-state index in [9.17, 15) is 4.79 Å². The maximum atomic E-state index is 12.6. The number of amides is 1. The molecule has 3 rings (SSSR count). The average molecular weight is 449 g/mol. The molecule has 0 aliphatic heterocycles. The van der Waals surface area contributed by atoms with E-state index < -0.39 is 0 Å². The van der Waals surface area contributed by atoms with E-state index in [4.69, 9.17) is 4.98 Å². The van der Waals surface area contributed by atoms with Gasteiger partial charge in [-0.25, -0.2) is 9.97 Å². The van der Waals surface area contributed by atoms with Crippen LogP contribution in [0.1, 0.15) is 59.1 Å². The number of thioether (sulfide) groups is 1. The molecule has 0 saturated heterocycles. The molecule has 0 fully saturated rings. The highest BCUT2D eigenvalue weighted by atomic mass is 32.2. The molecule has 3 aromatic rings. The van der Waals surface area contributed by atoms with Crippen molar-refractivity contribution in [3.8, 4) is 0 Å². The summed E-state index contributed by atoms with van der Waals surface area (Å²) in [4.78, 5) is 24.2. The molecular formula is C26H32N4OS. The Bertz CT molecular complexity index is 1040. The first-order chi connectivity index (χ1) is 15.4. The first kappa shape index (κ1) is 23.8. The lowest BCUT2D eigenvalue weighted by molar-refractivity contribution is 0.0940. The third kappa shape index (κ3) is 6.10. The summed E-state index contributed by atoms with van der Waals surface area (Å²) in [6.07, 6.45) is 1.07. The van der Waals surface area contributed by atoms with Crippen LogP contribution in [0.3, 0.4) is 0 Å². The lowest BCUT2D eigenvalue weighted by Gasteiger charge is -2.20. The predicted octanol–water partition coefficient (Wildman–Crippen LogP) is 5.72. The van der Waals surface area contributed by atoms with E-state index in [0.717, 1.165) is 52.1 Å². The lowest BCUT2D eigenvalue weighted by atomic mass is 10.1. The highest BCUT2D eigenvalue weighted by Crippen LogP contribution is 2.26. The minimum Gasteiger partial charge on any atom is -0.359 e. The van der Waals surface area contributed by atoms with Gasteiger partial charge >= 0.3 is 0 Å². The number of nitrogens with zero attached hydrogens (tertiary/aromatic N) is 3. The van der Waals surface area contributed by atoms with Crippen molar-refractivity contribution in [2.75, 3.05) is 18.5 Å². The number of hydrogen-bond acceptors (Lipinski definition) is 5. The largest absolute Gasteiger partial charge is 0.359 e. The summed E-state index contributed by atoms with van der Waals surface area (Å²) in [6, 6.07) is 17.7. The molecule has 1 atom stereocenters. The standard InChI is InChI=1S/C26H32N4OS/c1-6-16-30(5)24-18(2)19(3)28-26(29-24)32-17-21-12-14-23(15-13-21)25(31)27-20(4)22-10-8-7-9-11-22/h7-15,20H,6,16-17H2,1-5H3,(H,27,31)/t20-/m1/s1. The topological polar surface area (TPSA) is 58.1 Å². The molecule has 0 aliphatic rings. The van der Waals surface area contributed by atoms with Crippen LogP contribution in [0, 0.1) is 13.8 Å². The van der Waals surface area contributed by atoms with Crippen LogP contribution in [-0.2, 0) is 5.75 Å². The number of carbonyl (C=O) groups is 1. The highest BCUT2D eigenvalue weighted by molar-refractivity contribution is 7.98. The van der Waals surface area contributed by atoms with Gasteiger partial charge in [-0.2, -0.15) is 0 Å². The van der Waals surface area contributed by atoms with Gasteiger partial charge in [0.2, 0.25) is 0 Å². The number of nitrogens with one attached hydrogen (secondary N) is 1. The van der Waals surface area contributed by atoms with Gasteiger partial charge in [0.15, 0.2) is 5.16 Å². The fourth-order valence-corrected chi connectivity index (χ4v) is 4.31. The van der Waals surface area contributed by atoms with E-state index in [1.807, 2.05) is 68.4 Å². The second-order valence-electron chi connectivity index (χ2n) is 8.05. The van der Waals surface area contributed by atoms with Crippen molar-refractivity contribution in [2.24, 2.45) is 0 Å². The minimum absolute atomic E-state index is 0.0408. The third-order valence-electron chi connectivity index (χ3n) is 5.49. The molecule has 0 saturated carbocycles. The maximum Gasteiger partial charge on any atom is 0.251 e. The van der Waals surface area contributed by atoms with Crippen LogP contribution in [0.5, 0.6) is 0 Å². The van der Waals surface area contributed by atoms with Gasteiger partial charge in [-0.1, -0.05) is 61.2 Å². The second-order valence-corrected chi connectivity index (χ2v) is 9.00. The van der Waals surface area contributed by atoms with Crippen molar-refractivity contribution in [1.29, 1.82) is 0 Å². The molecule has 32 heavy (non-hydrogen) atoms. The van der Waals surface area contributed by atoms with Crippen molar-refractivity contribution in [1.82, 2.24) is 15.3 Å². The molecule has 0 bridgehead atoms. The number of rotatable bonds is 9. The van der Waals surface area contributed by atoms with Gasteiger partial charge in [-0.15, -0.1) is 0 Å². The van der Waals surface area contributed by atoms with E-state index in [-0.39, 0.29) is 11.9 Å². The molecule has 1 heterocycles. The fraction of sp³-hybridized carbons (Fsp3) is 0.346. The molecule has 2 aromatic carbocycles. The number of aromatic nitrogens is 2. The SMILES string of the molecule is CCCN(C)c1nc(SCc2ccc(C(=O)N[C@H](C)c3ccccc3)cc2)nc(C)c1C. The summed E-state index contributed by atoms with van der Waals surface area (Å²) in [5.41, 5.74) is 5.03. The predicted molar refractivity (Wildman–Crippen MR) is 133 cm³/mol. The molecule has 0 unspecified atom stereocenters. The van der Waals surface area contributed by atoms with Crippen LogP contribution >= 0.6 is 11.8 Å². The van der Waals surface area contributed by atoms with E-state index in [2.05, 4.69) is 36.1 Å². The zero-order valence-corrected chi connectivity index (χ0v) is 20.4. The quantitative estimate of drug-likeness (QED) is 0.335. The molecule has 5 nitrogen and oxygen atoms in total. The van der Waals surface area contributed by atoms with Crippen molar-refractivity contribution < 1.29 is 4.79 Å². The first-order valence-corrected chi connectivity index (χ1v) is 12.0. The molecular weight excluding hydrogens is 416 g/mol. The van der Waals surface area contributed by atoms with E-state index in [0.29, 0.717) is 5.56 Å². The van der Waals surface area contributed by atoms with E-state index >= 15 is 0 Å². The van der Waals surface area contributed by atoms with Gasteiger partial charge in [0.1, 0.15) is 5.82 Å². The Labute approximate surface area is 195 Å². The highest BCUT2D eigenvalue weighted by Gasteiger charge is 2.13. The normalized spacial score (nSPS) is 11.8. The van der Waals surface area contributed by atoms with Gasteiger partial charge in [0.05, 0.1) is 6.04 Å². The number of hydrogen-bond donors (Lipinski definition) is 1. The van der Waals surface area contributed by atoms with Crippen LogP contribution in [0.25, 0.3) is 0 Å². The second kappa shape index (κ2) is 11.1. The van der Waals surface area contributed by atoms with Crippen molar-refractivity contribution in [3.63, 3.8) is 0 Å². The molecule has 1 N–H and O–H groups in total. The van der Waals surface area contributed by atoms with Crippen LogP contribution in [0.15, 0.2) is 59.8 Å². The third-order valence-corrected chi connectivity index (χ3v) is 6.41. The summed E-state index contributed by atoms with van der Waals surface area (Å²) in [5.74, 6) is 1.69. The molecule has 168 valence electrons. The smallest absolute Gasteiger partial charge is 0.251 e. The summed E-state index contributed by atoms with van der Waals surface area (Å²) in [6.45, 7) is 9.24. The molecule has 0 spiro atoms. The Hall–Kier alpha value is -2.86. The Kier molecular flexibility index (Phi) is 8.28. The molecule has 6 heteroatoms. The zero-order valence-electron chi connectivity index (χ0n) is 19.6. The van der Waals surface area contributed by atoms with Gasteiger partial charge in [-0.05, 0) is 50.5 Å². The van der Waals surface area contributed by atoms with Crippen LogP contribution in [0.4, 0.5) is 5.82 Å². The number of benzene rings is 2. The number of anilines is 1. The van der Waals surface area contributed by atoms with Crippen LogP contribution in [-0.4, -0.2) is 29.5 Å². The van der Waals surface area contributed by atoms with Crippen LogP contribution < -0.4 is 10.2 Å². The Morgan fingerprint density at radius 1 is 1.06 bits per heavy atom. The lowest BCUT2D eigenvalue weighted by Crippen LogP contribution is -2.26. The first-order valence-electron chi connectivity index (χ1n) is 11.0. The van der Waals surface area contributed by atoms with Crippen molar-refractivity contribution in [2.45, 2.75) is 51.1 Å². The Balaban J connectivity index is 1.62. The molecule has 0 radical (unpaired) electrons. The van der Waals surface area contributed by atoms with Gasteiger partial charge < -0.3 is 10.2 Å². The zero-order chi connectivity index (χ0) is 23.1. The summed E-state index contributed by atoms with van der Waals surface area (Å²) >= 11 is 1.62. The molecule has 0 aliphatic carbocycles. The number of carbonyl (C=O) groups excluding carboxylic acids is 1. The van der Waals surface area contributed by atoms with Gasteiger partial charge in [0, 0.05) is 36.2 Å². The summed E-state index contributed by atoms with van der Waals surface area (Å²) in [7, 11) is 2.08. The van der Waals surface area contributed by atoms with Gasteiger partial charge in [-0.3, -0.25) is 4.79 Å². The van der Waals surface area contributed by atoms with Gasteiger partial charge in [0.25, 0.3) is 5.91 Å². The van der Waals surface area contributed by atoms with Crippen molar-refractivity contribution >= 4 is 23.5 Å². The number of aryl methyl sites for hydroxylation is 1. The summed E-state index contributed by atoms with van der Waals surface area (Å²) < 4.78 is 0. The average Bonchev–Trinajstić information content (AvgIpc) is 2.80. The van der Waals surface area contributed by atoms with Crippen LogP contribution in [0.2, 0.25) is 0 Å². The molecule has 1 aromatic heterocycles. The Morgan fingerprint density at radius 3 is 2.41 bits per heavy atom. The van der Waals surface area contributed by atoms with E-state index in [1.165, 1.54) is 0 Å².